The van der Waals surface area contributed by atoms with Crippen molar-refractivity contribution in [3.8, 4) is 22.6 Å². The summed E-state index contributed by atoms with van der Waals surface area (Å²) in [6.45, 7) is 0. The molecule has 0 saturated carbocycles. The number of nitro groups is 1. The van der Waals surface area contributed by atoms with Crippen molar-refractivity contribution < 1.29 is 9.65 Å². The van der Waals surface area contributed by atoms with E-state index in [2.05, 4.69) is 10.2 Å². The molecule has 0 aliphatic heterocycles. The van der Waals surface area contributed by atoms with Gasteiger partial charge in [-0.25, -0.2) is 4.73 Å². The molecule has 7 heteroatoms. The first-order chi connectivity index (χ1) is 10.6. The SMILES string of the molecule is O=[N+]([O-])c1ccc(-c2nnc(-c3ccccc3)c[n+]2[O-])cc1. The summed E-state index contributed by atoms with van der Waals surface area (Å²) in [5.41, 5.74) is 1.67. The van der Waals surface area contributed by atoms with Gasteiger partial charge in [0.25, 0.3) is 5.69 Å². The van der Waals surface area contributed by atoms with Crippen LogP contribution in [0.1, 0.15) is 0 Å². The molecule has 1 heterocycles. The number of aromatic nitrogens is 3. The van der Waals surface area contributed by atoms with E-state index in [-0.39, 0.29) is 11.5 Å². The van der Waals surface area contributed by atoms with Crippen molar-refractivity contribution in [1.82, 2.24) is 10.2 Å². The topological polar surface area (TPSA) is 95.9 Å². The summed E-state index contributed by atoms with van der Waals surface area (Å²) in [5, 5.41) is 30.7. The van der Waals surface area contributed by atoms with E-state index in [0.717, 1.165) is 5.56 Å². The van der Waals surface area contributed by atoms with Crippen LogP contribution in [0.5, 0.6) is 0 Å². The van der Waals surface area contributed by atoms with E-state index in [1.807, 2.05) is 30.3 Å². The van der Waals surface area contributed by atoms with E-state index in [9.17, 15) is 15.3 Å². The lowest BCUT2D eigenvalue weighted by atomic mass is 10.1. The Labute approximate surface area is 125 Å². The lowest BCUT2D eigenvalue weighted by Gasteiger charge is -2.06. The molecule has 0 spiro atoms. The Kier molecular flexibility index (Phi) is 3.45. The molecule has 0 N–H and O–H groups in total. The Morgan fingerprint density at radius 2 is 1.59 bits per heavy atom. The smallest absolute Gasteiger partial charge is 0.360 e. The zero-order chi connectivity index (χ0) is 15.5. The van der Waals surface area contributed by atoms with Crippen LogP contribution in [-0.4, -0.2) is 15.1 Å². The second-order valence-electron chi connectivity index (χ2n) is 4.53. The lowest BCUT2D eigenvalue weighted by Crippen LogP contribution is -2.31. The van der Waals surface area contributed by atoms with Crippen LogP contribution in [-0.2, 0) is 0 Å². The Balaban J connectivity index is 1.97. The van der Waals surface area contributed by atoms with E-state index < -0.39 is 4.92 Å². The Morgan fingerprint density at radius 3 is 2.18 bits per heavy atom. The molecular weight excluding hydrogens is 284 g/mol. The summed E-state index contributed by atoms with van der Waals surface area (Å²) in [6, 6.07) is 14.8. The van der Waals surface area contributed by atoms with Crippen LogP contribution in [0.2, 0.25) is 0 Å². The zero-order valence-corrected chi connectivity index (χ0v) is 11.3. The highest BCUT2D eigenvalue weighted by Gasteiger charge is 2.16. The minimum atomic E-state index is -0.501. The molecule has 22 heavy (non-hydrogen) atoms. The van der Waals surface area contributed by atoms with Crippen LogP contribution in [0.3, 0.4) is 0 Å². The molecule has 0 atom stereocenters. The molecule has 1 aromatic heterocycles. The predicted molar refractivity (Wildman–Crippen MR) is 78.5 cm³/mol. The van der Waals surface area contributed by atoms with Crippen molar-refractivity contribution in [2.75, 3.05) is 0 Å². The zero-order valence-electron chi connectivity index (χ0n) is 11.3. The first-order valence-corrected chi connectivity index (χ1v) is 6.42. The van der Waals surface area contributed by atoms with Gasteiger partial charge in [-0.3, -0.25) is 10.1 Å². The van der Waals surface area contributed by atoms with Crippen LogP contribution in [0.15, 0.2) is 60.8 Å². The van der Waals surface area contributed by atoms with Crippen LogP contribution in [0.25, 0.3) is 22.6 Å². The highest BCUT2D eigenvalue weighted by atomic mass is 16.6. The minimum Gasteiger partial charge on any atom is -0.710 e. The second kappa shape index (κ2) is 5.57. The van der Waals surface area contributed by atoms with Crippen molar-refractivity contribution >= 4 is 5.69 Å². The summed E-state index contributed by atoms with van der Waals surface area (Å²) in [7, 11) is 0. The highest BCUT2D eigenvalue weighted by molar-refractivity contribution is 5.58. The Bertz CT molecular complexity index is 820. The standard InChI is InChI=1S/C15H10N4O3/c20-18-10-14(11-4-2-1-3-5-11)16-17-15(18)12-6-8-13(9-7-12)19(21)22/h1-10H. The molecule has 0 unspecified atom stereocenters. The summed E-state index contributed by atoms with van der Waals surface area (Å²) in [5.74, 6) is 0.0922. The van der Waals surface area contributed by atoms with E-state index in [1.165, 1.54) is 30.5 Å². The van der Waals surface area contributed by atoms with Crippen molar-refractivity contribution in [3.05, 3.63) is 76.1 Å². The molecule has 0 amide bonds. The third-order valence-corrected chi connectivity index (χ3v) is 3.11. The molecule has 3 aromatic rings. The lowest BCUT2D eigenvalue weighted by molar-refractivity contribution is -0.596. The second-order valence-corrected chi connectivity index (χ2v) is 4.53. The minimum absolute atomic E-state index is 0.0462. The molecule has 7 nitrogen and oxygen atoms in total. The van der Waals surface area contributed by atoms with E-state index in [1.54, 1.807) is 0 Å². The fourth-order valence-corrected chi connectivity index (χ4v) is 2.00. The largest absolute Gasteiger partial charge is 0.710 e. The summed E-state index contributed by atoms with van der Waals surface area (Å²) in [6.07, 6.45) is 1.33. The average Bonchev–Trinajstić information content (AvgIpc) is 2.56. The maximum atomic E-state index is 12.1. The third-order valence-electron chi connectivity index (χ3n) is 3.11. The van der Waals surface area contributed by atoms with Gasteiger partial charge < -0.3 is 5.21 Å². The number of benzene rings is 2. The summed E-state index contributed by atoms with van der Waals surface area (Å²) >= 11 is 0. The molecule has 0 aliphatic carbocycles. The van der Waals surface area contributed by atoms with E-state index >= 15 is 0 Å². The van der Waals surface area contributed by atoms with Gasteiger partial charge in [0.2, 0.25) is 0 Å². The van der Waals surface area contributed by atoms with Gasteiger partial charge in [0, 0.05) is 17.7 Å². The number of rotatable bonds is 3. The number of nitrogens with zero attached hydrogens (tertiary/aromatic N) is 4. The van der Waals surface area contributed by atoms with Crippen LogP contribution < -0.4 is 4.73 Å². The fraction of sp³-hybridized carbons (Fsp3) is 0. The third kappa shape index (κ3) is 2.59. The first kappa shape index (κ1) is 13.6. The van der Waals surface area contributed by atoms with Gasteiger partial charge in [-0.05, 0) is 17.2 Å². The summed E-state index contributed by atoms with van der Waals surface area (Å²) in [4.78, 5) is 10.1. The monoisotopic (exact) mass is 294 g/mol. The van der Waals surface area contributed by atoms with Gasteiger partial charge in [0.05, 0.1) is 15.6 Å². The molecule has 0 fully saturated rings. The number of hydrogen-bond acceptors (Lipinski definition) is 5. The van der Waals surface area contributed by atoms with Gasteiger partial charge in [0.15, 0.2) is 5.69 Å². The predicted octanol–water partition coefficient (Wildman–Crippen LogP) is 2.35. The Hall–Kier alpha value is -3.35. The highest BCUT2D eigenvalue weighted by Crippen LogP contribution is 2.19. The maximum Gasteiger partial charge on any atom is 0.360 e. The van der Waals surface area contributed by atoms with Crippen LogP contribution in [0, 0.1) is 15.3 Å². The number of non-ortho nitro benzene ring substituents is 1. The Morgan fingerprint density at radius 1 is 0.909 bits per heavy atom. The van der Waals surface area contributed by atoms with Crippen molar-refractivity contribution in [3.63, 3.8) is 0 Å². The van der Waals surface area contributed by atoms with Gasteiger partial charge in [0.1, 0.15) is 6.20 Å². The quantitative estimate of drug-likeness (QED) is 0.320. The first-order valence-electron chi connectivity index (χ1n) is 6.42. The van der Waals surface area contributed by atoms with Crippen molar-refractivity contribution in [2.24, 2.45) is 0 Å². The molecule has 3 rings (SSSR count). The molecule has 0 bridgehead atoms. The van der Waals surface area contributed by atoms with Gasteiger partial charge in [-0.2, -0.15) is 0 Å². The normalized spacial score (nSPS) is 10.4. The molecule has 0 saturated heterocycles. The molecule has 108 valence electrons. The van der Waals surface area contributed by atoms with Gasteiger partial charge in [-0.15, -0.1) is 0 Å². The van der Waals surface area contributed by atoms with Crippen molar-refractivity contribution in [1.29, 1.82) is 0 Å². The average molecular weight is 294 g/mol. The number of nitro benzene ring substituents is 1. The van der Waals surface area contributed by atoms with E-state index in [4.69, 9.17) is 0 Å². The molecular formula is C15H10N4O3. The van der Waals surface area contributed by atoms with Gasteiger partial charge in [-0.1, -0.05) is 30.3 Å². The maximum absolute atomic E-state index is 12.1. The molecule has 0 aliphatic rings. The van der Waals surface area contributed by atoms with Crippen LogP contribution >= 0.6 is 0 Å². The van der Waals surface area contributed by atoms with E-state index in [0.29, 0.717) is 16.0 Å². The fourth-order valence-electron chi connectivity index (χ4n) is 2.00. The molecule has 0 radical (unpaired) electrons. The van der Waals surface area contributed by atoms with Crippen molar-refractivity contribution in [2.45, 2.75) is 0 Å². The van der Waals surface area contributed by atoms with Gasteiger partial charge >= 0.3 is 5.82 Å². The molecule has 2 aromatic carbocycles. The summed E-state index contributed by atoms with van der Waals surface area (Å²) < 4.78 is 0.608. The van der Waals surface area contributed by atoms with Crippen LogP contribution in [0.4, 0.5) is 5.69 Å². The number of hydrogen-bond donors (Lipinski definition) is 0.